The molecule has 0 radical (unpaired) electrons. The molecule has 0 spiro atoms. The van der Waals surface area contributed by atoms with E-state index in [1.807, 2.05) is 19.1 Å². The number of benzene rings is 2. The lowest BCUT2D eigenvalue weighted by atomic mass is 10.0. The van der Waals surface area contributed by atoms with Crippen molar-refractivity contribution in [3.63, 3.8) is 0 Å². The molecule has 2 aromatic carbocycles. The number of halogens is 2. The van der Waals surface area contributed by atoms with E-state index in [1.165, 1.54) is 35.2 Å². The third kappa shape index (κ3) is 7.93. The number of carbonyl (C=O) groups excluding carboxylic acids is 4. The molecule has 13 nitrogen and oxygen atoms in total. The molecule has 0 bridgehead atoms. The van der Waals surface area contributed by atoms with Gasteiger partial charge in [-0.2, -0.15) is 0 Å². The van der Waals surface area contributed by atoms with E-state index in [4.69, 9.17) is 4.74 Å². The standard InChI is InChI=1S/C38H42F2N6O7S/c1-2-28-35(43-31-18-25(40)14-17-29(31)41-28)53-26-19-32-34(48)44-38(37(50)45-54(51,52)27-15-16-27)20-23(38)8-6-4-3-5-7-9-30(36(49)46(32)21-26)42-33(47)22-10-12-24(39)13-11-22/h6,8,10-14,17-18,23,26-27,30,32H,2-5,7,9,15-16,19-21H2,1H3,(H,42,47)(H,44,48)(H,45,50)/b8-6-/t23-,26-,30+,32+,38-/m1/s1. The van der Waals surface area contributed by atoms with Gasteiger partial charge in [0.1, 0.15) is 41.1 Å². The number of ether oxygens (including phenoxy) is 1. The van der Waals surface area contributed by atoms with Crippen LogP contribution in [0.1, 0.15) is 80.8 Å². The third-order valence-electron chi connectivity index (χ3n) is 10.5. The van der Waals surface area contributed by atoms with Crippen LogP contribution in [-0.2, 0) is 30.8 Å². The largest absolute Gasteiger partial charge is 0.471 e. The maximum absolute atomic E-state index is 14.5. The second-order valence-electron chi connectivity index (χ2n) is 14.5. The number of aryl methyl sites for hydroxylation is 1. The molecule has 2 saturated carbocycles. The van der Waals surface area contributed by atoms with E-state index in [1.54, 1.807) is 0 Å². The maximum Gasteiger partial charge on any atom is 0.259 e. The number of sulfonamides is 1. The molecule has 4 aliphatic rings. The third-order valence-corrected chi connectivity index (χ3v) is 12.3. The number of rotatable bonds is 8. The number of allylic oxidation sites excluding steroid dienone is 1. The van der Waals surface area contributed by atoms with E-state index in [2.05, 4.69) is 25.3 Å². The summed E-state index contributed by atoms with van der Waals surface area (Å²) in [7, 11) is -3.93. The van der Waals surface area contributed by atoms with Crippen LogP contribution in [0.5, 0.6) is 5.88 Å². The molecule has 3 fully saturated rings. The van der Waals surface area contributed by atoms with Gasteiger partial charge in [-0.15, -0.1) is 0 Å². The molecule has 1 saturated heterocycles. The Bertz CT molecular complexity index is 2110. The van der Waals surface area contributed by atoms with Gasteiger partial charge in [0.15, 0.2) is 0 Å². The number of hydrogen-bond donors (Lipinski definition) is 3. The quantitative estimate of drug-likeness (QED) is 0.289. The zero-order valence-electron chi connectivity index (χ0n) is 29.7. The highest BCUT2D eigenvalue weighted by atomic mass is 32.2. The number of amides is 4. The van der Waals surface area contributed by atoms with E-state index < -0.39 is 80.2 Å². The van der Waals surface area contributed by atoms with Gasteiger partial charge in [0.25, 0.3) is 11.8 Å². The molecule has 3 heterocycles. The van der Waals surface area contributed by atoms with Crippen molar-refractivity contribution in [3.05, 3.63) is 77.5 Å². The fraction of sp³-hybridized carbons (Fsp3) is 0.474. The number of carbonyl (C=O) groups is 4. The fourth-order valence-electron chi connectivity index (χ4n) is 7.22. The molecule has 3 aromatic rings. The van der Waals surface area contributed by atoms with E-state index in [-0.39, 0.29) is 42.8 Å². The molecule has 7 rings (SSSR count). The minimum Gasteiger partial charge on any atom is -0.471 e. The summed E-state index contributed by atoms with van der Waals surface area (Å²) in [4.78, 5) is 66.3. The van der Waals surface area contributed by atoms with Crippen molar-refractivity contribution in [2.24, 2.45) is 5.92 Å². The smallest absolute Gasteiger partial charge is 0.259 e. The zero-order valence-corrected chi connectivity index (χ0v) is 30.5. The monoisotopic (exact) mass is 764 g/mol. The summed E-state index contributed by atoms with van der Waals surface area (Å²) < 4.78 is 61.9. The number of nitrogens with zero attached hydrogens (tertiary/aromatic N) is 3. The Morgan fingerprint density at radius 1 is 1.00 bits per heavy atom. The molecule has 2 aliphatic heterocycles. The molecule has 1 aromatic heterocycles. The van der Waals surface area contributed by atoms with Crippen LogP contribution in [0.3, 0.4) is 0 Å². The van der Waals surface area contributed by atoms with E-state index in [9.17, 15) is 36.4 Å². The Balaban J connectivity index is 1.20. The number of nitrogens with one attached hydrogen (secondary N) is 3. The zero-order chi connectivity index (χ0) is 38.2. The van der Waals surface area contributed by atoms with Crippen molar-refractivity contribution in [1.29, 1.82) is 0 Å². The topological polar surface area (TPSA) is 177 Å². The highest BCUT2D eigenvalue weighted by molar-refractivity contribution is 7.91. The van der Waals surface area contributed by atoms with Crippen molar-refractivity contribution < 1.29 is 41.1 Å². The van der Waals surface area contributed by atoms with Crippen molar-refractivity contribution >= 4 is 44.7 Å². The lowest BCUT2D eigenvalue weighted by Crippen LogP contribution is -2.58. The number of aromatic nitrogens is 2. The van der Waals surface area contributed by atoms with Gasteiger partial charge >= 0.3 is 0 Å². The van der Waals surface area contributed by atoms with Gasteiger partial charge in [0, 0.05) is 24.0 Å². The lowest BCUT2D eigenvalue weighted by molar-refractivity contribution is -0.141. The van der Waals surface area contributed by atoms with E-state index in [0.717, 1.165) is 18.6 Å². The van der Waals surface area contributed by atoms with Crippen LogP contribution in [0.25, 0.3) is 11.0 Å². The van der Waals surface area contributed by atoms with Crippen LogP contribution in [0.4, 0.5) is 8.78 Å². The van der Waals surface area contributed by atoms with Crippen LogP contribution in [0.2, 0.25) is 0 Å². The summed E-state index contributed by atoms with van der Waals surface area (Å²) in [6.45, 7) is 1.75. The van der Waals surface area contributed by atoms with Crippen molar-refractivity contribution in [3.8, 4) is 5.88 Å². The van der Waals surface area contributed by atoms with Crippen LogP contribution < -0.4 is 20.1 Å². The van der Waals surface area contributed by atoms with Crippen LogP contribution >= 0.6 is 0 Å². The van der Waals surface area contributed by atoms with Gasteiger partial charge in [0.05, 0.1) is 22.8 Å². The maximum atomic E-state index is 14.5. The van der Waals surface area contributed by atoms with Gasteiger partial charge in [0.2, 0.25) is 27.7 Å². The first-order chi connectivity index (χ1) is 25.9. The molecular weight excluding hydrogens is 723 g/mol. The molecule has 3 N–H and O–H groups in total. The fourth-order valence-corrected chi connectivity index (χ4v) is 8.58. The first kappa shape index (κ1) is 37.3. The second kappa shape index (κ2) is 15.0. The Hall–Kier alpha value is -4.99. The van der Waals surface area contributed by atoms with Crippen LogP contribution in [0.15, 0.2) is 54.6 Å². The Morgan fingerprint density at radius 2 is 1.76 bits per heavy atom. The number of hydrogen-bond acceptors (Lipinski definition) is 9. The Labute approximate surface area is 311 Å². The predicted molar refractivity (Wildman–Crippen MR) is 192 cm³/mol. The van der Waals surface area contributed by atoms with Crippen molar-refractivity contribution in [2.75, 3.05) is 6.54 Å². The summed E-state index contributed by atoms with van der Waals surface area (Å²) in [5.41, 5.74) is -0.194. The Morgan fingerprint density at radius 3 is 2.50 bits per heavy atom. The minimum atomic E-state index is -3.93. The van der Waals surface area contributed by atoms with Gasteiger partial charge in [-0.1, -0.05) is 31.9 Å². The molecule has 4 amide bonds. The summed E-state index contributed by atoms with van der Waals surface area (Å²) in [6, 6.07) is 6.67. The molecule has 2 aliphatic carbocycles. The average Bonchev–Trinajstić information content (AvgIpc) is 4.07. The van der Waals surface area contributed by atoms with Crippen LogP contribution in [0, 0.1) is 17.6 Å². The summed E-state index contributed by atoms with van der Waals surface area (Å²) in [6.07, 6.45) is 7.29. The molecule has 286 valence electrons. The molecule has 16 heteroatoms. The molecule has 5 atom stereocenters. The first-order valence-corrected chi connectivity index (χ1v) is 20.0. The van der Waals surface area contributed by atoms with Gasteiger partial charge < -0.3 is 20.3 Å². The van der Waals surface area contributed by atoms with Crippen molar-refractivity contribution in [1.82, 2.24) is 30.2 Å². The Kier molecular flexibility index (Phi) is 10.4. The van der Waals surface area contributed by atoms with Crippen molar-refractivity contribution in [2.45, 2.75) is 100 Å². The second-order valence-corrected chi connectivity index (χ2v) is 16.5. The normalized spacial score (nSPS) is 26.8. The summed E-state index contributed by atoms with van der Waals surface area (Å²) in [5.74, 6) is -4.06. The van der Waals surface area contributed by atoms with Crippen LogP contribution in [-0.4, -0.2) is 82.4 Å². The highest BCUT2D eigenvalue weighted by Gasteiger charge is 2.62. The average molecular weight is 765 g/mol. The number of fused-ring (bicyclic) bond motifs is 3. The summed E-state index contributed by atoms with van der Waals surface area (Å²) in [5, 5.41) is 4.96. The van der Waals surface area contributed by atoms with Gasteiger partial charge in [-0.3, -0.25) is 23.9 Å². The van der Waals surface area contributed by atoms with Gasteiger partial charge in [-0.05, 0) is 81.3 Å². The van der Waals surface area contributed by atoms with E-state index >= 15 is 0 Å². The molecule has 0 unspecified atom stereocenters. The lowest BCUT2D eigenvalue weighted by Gasteiger charge is -2.30. The minimum absolute atomic E-state index is 0.0409. The first-order valence-electron chi connectivity index (χ1n) is 18.4. The molecular formula is C38H42F2N6O7S. The van der Waals surface area contributed by atoms with Gasteiger partial charge in [-0.25, -0.2) is 27.2 Å². The predicted octanol–water partition coefficient (Wildman–Crippen LogP) is 3.62. The SMILES string of the molecule is CCc1nc2ccc(F)cc2nc1O[C@@H]1C[C@H]2C(=O)N[C@]3(C(=O)NS(=O)(=O)C4CC4)C[C@H]3/C=C\CCCCC[C@H](NC(=O)c3ccc(F)cc3)C(=O)N2C1. The van der Waals surface area contributed by atoms with E-state index in [0.29, 0.717) is 49.7 Å². The summed E-state index contributed by atoms with van der Waals surface area (Å²) >= 11 is 0. The highest BCUT2D eigenvalue weighted by Crippen LogP contribution is 2.46. The molecule has 54 heavy (non-hydrogen) atoms.